The van der Waals surface area contributed by atoms with Gasteiger partial charge in [-0.15, -0.1) is 0 Å². The van der Waals surface area contributed by atoms with Crippen LogP contribution in [-0.4, -0.2) is 37.2 Å². The monoisotopic (exact) mass is 314 g/mol. The van der Waals surface area contributed by atoms with Gasteiger partial charge in [0.15, 0.2) is 4.90 Å². The molecule has 21 heavy (non-hydrogen) atoms. The lowest BCUT2D eigenvalue weighted by Gasteiger charge is -2.15. The molecule has 0 atom stereocenters. The van der Waals surface area contributed by atoms with Crippen LogP contribution in [-0.2, 0) is 24.1 Å². The fourth-order valence-electron chi connectivity index (χ4n) is 2.06. The predicted octanol–water partition coefficient (Wildman–Crippen LogP) is -1.72. The molecule has 2 N–H and O–H groups in total. The molecular weight excluding hydrogens is 296 g/mol. The third-order valence-corrected chi connectivity index (χ3v) is 4.74. The van der Waals surface area contributed by atoms with Crippen LogP contribution in [0.1, 0.15) is 6.42 Å². The molecule has 0 spiro atoms. The number of aromatic nitrogens is 2. The molecule has 0 saturated carbocycles. The van der Waals surface area contributed by atoms with E-state index >= 15 is 0 Å². The first kappa shape index (κ1) is 15.7. The van der Waals surface area contributed by atoms with E-state index in [4.69, 9.17) is 0 Å². The van der Waals surface area contributed by atoms with Gasteiger partial charge in [-0.3, -0.25) is 9.36 Å². The van der Waals surface area contributed by atoms with Crippen LogP contribution in [0.25, 0.3) is 0 Å². The lowest BCUT2D eigenvalue weighted by atomic mass is 10.1. The molecule has 1 aromatic rings. The van der Waals surface area contributed by atoms with Gasteiger partial charge in [-0.2, -0.15) is 0 Å². The topological polar surface area (TPSA) is 102 Å². The van der Waals surface area contributed by atoms with Gasteiger partial charge in [0, 0.05) is 33.4 Å². The maximum absolute atomic E-state index is 12.2. The Labute approximate surface area is 122 Å². The van der Waals surface area contributed by atoms with Crippen molar-refractivity contribution in [2.45, 2.75) is 11.3 Å². The minimum atomic E-state index is -3.96. The third kappa shape index (κ3) is 3.31. The summed E-state index contributed by atoms with van der Waals surface area (Å²) in [6, 6.07) is 0. The fourth-order valence-corrected chi connectivity index (χ4v) is 3.25. The van der Waals surface area contributed by atoms with Gasteiger partial charge in [0.05, 0.1) is 0 Å². The Kier molecular flexibility index (Phi) is 4.45. The van der Waals surface area contributed by atoms with E-state index in [-0.39, 0.29) is 6.54 Å². The van der Waals surface area contributed by atoms with Gasteiger partial charge in [-0.1, -0.05) is 11.6 Å². The number of nitrogens with zero attached hydrogens (tertiary/aromatic N) is 2. The first-order valence-corrected chi connectivity index (χ1v) is 7.96. The molecule has 0 saturated heterocycles. The molecule has 0 aromatic carbocycles. The molecule has 2 rings (SSSR count). The van der Waals surface area contributed by atoms with Crippen LogP contribution in [0.3, 0.4) is 0 Å². The Bertz CT molecular complexity index is 788. The van der Waals surface area contributed by atoms with E-state index in [9.17, 15) is 18.0 Å². The first-order valence-electron chi connectivity index (χ1n) is 6.48. The van der Waals surface area contributed by atoms with Crippen LogP contribution in [0.5, 0.6) is 0 Å². The predicted molar refractivity (Wildman–Crippen MR) is 77.7 cm³/mol. The van der Waals surface area contributed by atoms with Gasteiger partial charge >= 0.3 is 5.69 Å². The number of aryl methyl sites for hydroxylation is 1. The fraction of sp³-hybridized carbons (Fsp3) is 0.500. The van der Waals surface area contributed by atoms with Crippen LogP contribution in [0.4, 0.5) is 0 Å². The van der Waals surface area contributed by atoms with Crippen LogP contribution < -0.4 is 21.3 Å². The average Bonchev–Trinajstić information content (AvgIpc) is 2.48. The Balaban J connectivity index is 2.30. The number of rotatable bonds is 4. The van der Waals surface area contributed by atoms with Gasteiger partial charge in [-0.25, -0.2) is 17.9 Å². The number of hydrogen-bond donors (Lipinski definition) is 2. The maximum Gasteiger partial charge on any atom is 0.330 e. The summed E-state index contributed by atoms with van der Waals surface area (Å²) in [5.41, 5.74) is -0.427. The van der Waals surface area contributed by atoms with Crippen molar-refractivity contribution in [3.05, 3.63) is 38.7 Å². The summed E-state index contributed by atoms with van der Waals surface area (Å²) in [7, 11) is -1.31. The van der Waals surface area contributed by atoms with Crippen molar-refractivity contribution in [2.24, 2.45) is 14.1 Å². The minimum absolute atomic E-state index is 0.163. The van der Waals surface area contributed by atoms with Gasteiger partial charge in [-0.05, 0) is 13.0 Å². The molecule has 0 aliphatic carbocycles. The number of nitrogens with one attached hydrogen (secondary N) is 2. The molecule has 0 fully saturated rings. The van der Waals surface area contributed by atoms with Crippen LogP contribution in [0, 0.1) is 0 Å². The van der Waals surface area contributed by atoms with Crippen molar-refractivity contribution >= 4 is 10.0 Å². The molecule has 116 valence electrons. The molecule has 0 bridgehead atoms. The molecule has 0 unspecified atom stereocenters. The highest BCUT2D eigenvalue weighted by molar-refractivity contribution is 7.89. The van der Waals surface area contributed by atoms with E-state index in [0.29, 0.717) is 6.54 Å². The molecule has 0 amide bonds. The average molecular weight is 314 g/mol. The van der Waals surface area contributed by atoms with Crippen molar-refractivity contribution in [1.29, 1.82) is 0 Å². The largest absolute Gasteiger partial charge is 0.330 e. The second kappa shape index (κ2) is 5.96. The van der Waals surface area contributed by atoms with E-state index in [1.165, 1.54) is 14.1 Å². The molecule has 8 nitrogen and oxygen atoms in total. The minimum Gasteiger partial charge on any atom is -0.313 e. The molecule has 1 aromatic heterocycles. The maximum atomic E-state index is 12.2. The zero-order chi connectivity index (χ0) is 15.6. The molecule has 1 aliphatic rings. The van der Waals surface area contributed by atoms with Crippen molar-refractivity contribution in [3.63, 3.8) is 0 Å². The Morgan fingerprint density at radius 2 is 2.05 bits per heavy atom. The highest BCUT2D eigenvalue weighted by atomic mass is 32.2. The standard InChI is InChI=1S/C12H18N4O4S/c1-15-8-10(11(17)16(2)12(15)18)21(19,20)14-7-9-3-5-13-6-4-9/h3,8,13-14H,4-7H2,1-2H3. The molecule has 0 radical (unpaired) electrons. The number of sulfonamides is 1. The Hall–Kier alpha value is -1.71. The molecule has 1 aliphatic heterocycles. The van der Waals surface area contributed by atoms with Gasteiger partial charge in [0.25, 0.3) is 5.56 Å². The van der Waals surface area contributed by atoms with Gasteiger partial charge in [0.1, 0.15) is 0 Å². The summed E-state index contributed by atoms with van der Waals surface area (Å²) in [5.74, 6) is 0. The summed E-state index contributed by atoms with van der Waals surface area (Å²) >= 11 is 0. The highest BCUT2D eigenvalue weighted by Gasteiger charge is 2.21. The molecular formula is C12H18N4O4S. The lowest BCUT2D eigenvalue weighted by molar-refractivity contribution is 0.571. The van der Waals surface area contributed by atoms with Crippen molar-refractivity contribution < 1.29 is 8.42 Å². The van der Waals surface area contributed by atoms with Crippen LogP contribution >= 0.6 is 0 Å². The summed E-state index contributed by atoms with van der Waals surface area (Å²) in [6.07, 6.45) is 3.72. The van der Waals surface area contributed by atoms with Gasteiger partial charge in [0.2, 0.25) is 10.0 Å². The van der Waals surface area contributed by atoms with E-state index in [0.717, 1.165) is 33.9 Å². The summed E-state index contributed by atoms with van der Waals surface area (Å²) in [6.45, 7) is 1.67. The summed E-state index contributed by atoms with van der Waals surface area (Å²) < 4.78 is 28.7. The van der Waals surface area contributed by atoms with Crippen molar-refractivity contribution in [2.75, 3.05) is 19.6 Å². The van der Waals surface area contributed by atoms with E-state index in [1.807, 2.05) is 6.08 Å². The van der Waals surface area contributed by atoms with Crippen LogP contribution in [0.2, 0.25) is 0 Å². The second-order valence-corrected chi connectivity index (χ2v) is 6.63. The van der Waals surface area contributed by atoms with E-state index in [2.05, 4.69) is 10.0 Å². The van der Waals surface area contributed by atoms with Crippen molar-refractivity contribution in [1.82, 2.24) is 19.2 Å². The SMILES string of the molecule is Cn1cc(S(=O)(=O)NCC2=CCNCC2)c(=O)n(C)c1=O. The van der Waals surface area contributed by atoms with E-state index < -0.39 is 26.2 Å². The lowest BCUT2D eigenvalue weighted by Crippen LogP contribution is -2.41. The second-order valence-electron chi connectivity index (χ2n) is 4.89. The van der Waals surface area contributed by atoms with Crippen LogP contribution in [0.15, 0.2) is 32.3 Å². The Morgan fingerprint density at radius 3 is 2.67 bits per heavy atom. The quantitative estimate of drug-likeness (QED) is 0.644. The summed E-state index contributed by atoms with van der Waals surface area (Å²) in [4.78, 5) is 23.1. The summed E-state index contributed by atoms with van der Waals surface area (Å²) in [5, 5.41) is 3.13. The van der Waals surface area contributed by atoms with Crippen molar-refractivity contribution in [3.8, 4) is 0 Å². The first-order chi connectivity index (χ1) is 9.83. The zero-order valence-electron chi connectivity index (χ0n) is 11.9. The smallest absolute Gasteiger partial charge is 0.313 e. The zero-order valence-corrected chi connectivity index (χ0v) is 12.7. The highest BCUT2D eigenvalue weighted by Crippen LogP contribution is 2.05. The van der Waals surface area contributed by atoms with E-state index in [1.54, 1.807) is 0 Å². The molecule has 9 heteroatoms. The third-order valence-electron chi connectivity index (χ3n) is 3.35. The molecule has 2 heterocycles. The normalized spacial score (nSPS) is 15.8. The number of hydrogen-bond acceptors (Lipinski definition) is 5. The van der Waals surface area contributed by atoms with Gasteiger partial charge < -0.3 is 9.88 Å². The Morgan fingerprint density at radius 1 is 1.33 bits per heavy atom.